The molecule has 0 saturated heterocycles. The number of carboxylic acid groups (broad SMARTS) is 1. The minimum Gasteiger partial charge on any atom is -0.481 e. The first kappa shape index (κ1) is 11.0. The molecular formula is C10H12N2O3. The highest BCUT2D eigenvalue weighted by Gasteiger charge is 2.04. The summed E-state index contributed by atoms with van der Waals surface area (Å²) in [5.41, 5.74) is 6.51. The van der Waals surface area contributed by atoms with Crippen LogP contribution in [0.15, 0.2) is 24.3 Å². The van der Waals surface area contributed by atoms with Gasteiger partial charge >= 0.3 is 5.97 Å². The Kier molecular flexibility index (Phi) is 3.68. The molecule has 5 nitrogen and oxygen atoms in total. The van der Waals surface area contributed by atoms with Gasteiger partial charge in [0.15, 0.2) is 0 Å². The molecular weight excluding hydrogens is 196 g/mol. The van der Waals surface area contributed by atoms with Crippen molar-refractivity contribution in [1.82, 2.24) is 5.32 Å². The maximum absolute atomic E-state index is 11.4. The largest absolute Gasteiger partial charge is 0.481 e. The third-order valence-corrected chi connectivity index (χ3v) is 1.80. The van der Waals surface area contributed by atoms with E-state index in [-0.39, 0.29) is 18.9 Å². The lowest BCUT2D eigenvalue weighted by Crippen LogP contribution is -2.25. The zero-order valence-electron chi connectivity index (χ0n) is 8.06. The van der Waals surface area contributed by atoms with E-state index in [0.717, 1.165) is 0 Å². The monoisotopic (exact) mass is 208 g/mol. The van der Waals surface area contributed by atoms with E-state index < -0.39 is 5.97 Å². The van der Waals surface area contributed by atoms with E-state index in [4.69, 9.17) is 10.8 Å². The Hall–Kier alpha value is -2.04. The Morgan fingerprint density at radius 2 is 1.87 bits per heavy atom. The van der Waals surface area contributed by atoms with Crippen LogP contribution in [0.5, 0.6) is 0 Å². The van der Waals surface area contributed by atoms with Crippen LogP contribution in [0, 0.1) is 0 Å². The predicted octanol–water partition coefficient (Wildman–Crippen LogP) is 0.473. The van der Waals surface area contributed by atoms with Gasteiger partial charge in [0.05, 0.1) is 6.42 Å². The van der Waals surface area contributed by atoms with Crippen LogP contribution in [0.3, 0.4) is 0 Å². The minimum absolute atomic E-state index is 0.0826. The van der Waals surface area contributed by atoms with Crippen molar-refractivity contribution in [3.63, 3.8) is 0 Å². The molecule has 0 atom stereocenters. The number of benzene rings is 1. The van der Waals surface area contributed by atoms with Gasteiger partial charge < -0.3 is 16.2 Å². The first-order valence-electron chi connectivity index (χ1n) is 4.45. The number of carbonyl (C=O) groups is 2. The molecule has 0 fully saturated rings. The van der Waals surface area contributed by atoms with Gasteiger partial charge in [-0.25, -0.2) is 0 Å². The smallest absolute Gasteiger partial charge is 0.305 e. The molecule has 0 radical (unpaired) electrons. The Morgan fingerprint density at radius 1 is 1.27 bits per heavy atom. The third-order valence-electron chi connectivity index (χ3n) is 1.80. The van der Waals surface area contributed by atoms with Gasteiger partial charge in [0.1, 0.15) is 0 Å². The Labute approximate surface area is 86.9 Å². The number of nitrogens with one attached hydrogen (secondary N) is 1. The molecule has 0 aliphatic heterocycles. The molecule has 15 heavy (non-hydrogen) atoms. The van der Waals surface area contributed by atoms with Crippen LogP contribution in [0.2, 0.25) is 0 Å². The molecule has 1 aromatic carbocycles. The number of aliphatic carboxylic acids is 1. The zero-order chi connectivity index (χ0) is 11.3. The molecule has 80 valence electrons. The van der Waals surface area contributed by atoms with Gasteiger partial charge in [0.25, 0.3) is 5.91 Å². The second-order valence-corrected chi connectivity index (χ2v) is 3.02. The molecule has 0 aliphatic rings. The number of carboxylic acids is 1. The van der Waals surface area contributed by atoms with Crippen molar-refractivity contribution < 1.29 is 14.7 Å². The fraction of sp³-hybridized carbons (Fsp3) is 0.200. The van der Waals surface area contributed by atoms with Crippen molar-refractivity contribution in [2.24, 2.45) is 0 Å². The fourth-order valence-electron chi connectivity index (χ4n) is 1.02. The maximum atomic E-state index is 11.4. The van der Waals surface area contributed by atoms with Gasteiger partial charge in [-0.05, 0) is 24.3 Å². The molecule has 0 spiro atoms. The molecule has 1 aromatic rings. The molecule has 0 unspecified atom stereocenters. The van der Waals surface area contributed by atoms with Crippen LogP contribution in [0.4, 0.5) is 5.69 Å². The zero-order valence-corrected chi connectivity index (χ0v) is 8.06. The fourth-order valence-corrected chi connectivity index (χ4v) is 1.02. The summed E-state index contributed by atoms with van der Waals surface area (Å²) >= 11 is 0. The molecule has 0 aliphatic carbocycles. The molecule has 0 aromatic heterocycles. The lowest BCUT2D eigenvalue weighted by Gasteiger charge is -2.03. The third kappa shape index (κ3) is 3.68. The van der Waals surface area contributed by atoms with Crippen molar-refractivity contribution in [2.75, 3.05) is 12.3 Å². The number of hydrogen-bond donors (Lipinski definition) is 3. The molecule has 5 heteroatoms. The molecule has 0 heterocycles. The van der Waals surface area contributed by atoms with Crippen molar-refractivity contribution in [3.8, 4) is 0 Å². The Bertz CT molecular complexity index is 359. The lowest BCUT2D eigenvalue weighted by atomic mass is 10.2. The second kappa shape index (κ2) is 4.99. The van der Waals surface area contributed by atoms with E-state index in [1.54, 1.807) is 24.3 Å². The minimum atomic E-state index is -0.937. The van der Waals surface area contributed by atoms with Crippen LogP contribution < -0.4 is 11.1 Å². The molecule has 1 rings (SSSR count). The topological polar surface area (TPSA) is 92.4 Å². The summed E-state index contributed by atoms with van der Waals surface area (Å²) in [5, 5.41) is 10.9. The van der Waals surface area contributed by atoms with Crippen LogP contribution in [-0.4, -0.2) is 23.5 Å². The molecule has 0 saturated carbocycles. The number of hydrogen-bond acceptors (Lipinski definition) is 3. The number of carbonyl (C=O) groups excluding carboxylic acids is 1. The van der Waals surface area contributed by atoms with Crippen molar-refractivity contribution in [3.05, 3.63) is 29.8 Å². The second-order valence-electron chi connectivity index (χ2n) is 3.02. The first-order chi connectivity index (χ1) is 7.09. The van der Waals surface area contributed by atoms with E-state index >= 15 is 0 Å². The SMILES string of the molecule is Nc1ccc(C(=O)NCCC(=O)O)cc1. The van der Waals surface area contributed by atoms with Gasteiger partial charge in [-0.3, -0.25) is 9.59 Å². The van der Waals surface area contributed by atoms with Gasteiger partial charge in [-0.15, -0.1) is 0 Å². The Morgan fingerprint density at radius 3 is 2.40 bits per heavy atom. The summed E-state index contributed by atoms with van der Waals surface area (Å²) in [6.45, 7) is 0.124. The maximum Gasteiger partial charge on any atom is 0.305 e. The van der Waals surface area contributed by atoms with E-state index in [1.165, 1.54) is 0 Å². The van der Waals surface area contributed by atoms with E-state index in [0.29, 0.717) is 11.3 Å². The average molecular weight is 208 g/mol. The molecule has 4 N–H and O–H groups in total. The van der Waals surface area contributed by atoms with Crippen molar-refractivity contribution in [1.29, 1.82) is 0 Å². The van der Waals surface area contributed by atoms with Crippen LogP contribution in [0.1, 0.15) is 16.8 Å². The van der Waals surface area contributed by atoms with Gasteiger partial charge in [0, 0.05) is 17.8 Å². The number of nitrogen functional groups attached to an aromatic ring is 1. The summed E-state index contributed by atoms with van der Waals surface area (Å²) in [5.74, 6) is -1.23. The average Bonchev–Trinajstić information content (AvgIpc) is 2.18. The van der Waals surface area contributed by atoms with Crippen molar-refractivity contribution in [2.45, 2.75) is 6.42 Å². The number of nitrogens with two attached hydrogens (primary N) is 1. The highest BCUT2D eigenvalue weighted by atomic mass is 16.4. The molecule has 1 amide bonds. The quantitative estimate of drug-likeness (QED) is 0.627. The van der Waals surface area contributed by atoms with Crippen LogP contribution in [0.25, 0.3) is 0 Å². The van der Waals surface area contributed by atoms with Gasteiger partial charge in [0.2, 0.25) is 0 Å². The lowest BCUT2D eigenvalue weighted by molar-refractivity contribution is -0.136. The Balaban J connectivity index is 2.47. The van der Waals surface area contributed by atoms with Gasteiger partial charge in [-0.2, -0.15) is 0 Å². The summed E-state index contributed by atoms with van der Waals surface area (Å²) in [6.07, 6.45) is -0.0826. The molecule has 0 bridgehead atoms. The summed E-state index contributed by atoms with van der Waals surface area (Å²) in [4.78, 5) is 21.6. The summed E-state index contributed by atoms with van der Waals surface area (Å²) < 4.78 is 0. The van der Waals surface area contributed by atoms with Crippen LogP contribution >= 0.6 is 0 Å². The number of rotatable bonds is 4. The van der Waals surface area contributed by atoms with E-state index in [2.05, 4.69) is 5.32 Å². The number of amides is 1. The highest BCUT2D eigenvalue weighted by Crippen LogP contribution is 2.04. The predicted molar refractivity (Wildman–Crippen MR) is 55.4 cm³/mol. The standard InChI is InChI=1S/C10H12N2O3/c11-8-3-1-7(2-4-8)10(15)12-6-5-9(13)14/h1-4H,5-6,11H2,(H,12,15)(H,13,14). The van der Waals surface area contributed by atoms with E-state index in [9.17, 15) is 9.59 Å². The van der Waals surface area contributed by atoms with E-state index in [1.807, 2.05) is 0 Å². The summed E-state index contributed by atoms with van der Waals surface area (Å²) in [6, 6.07) is 6.41. The highest BCUT2D eigenvalue weighted by molar-refractivity contribution is 5.94. The van der Waals surface area contributed by atoms with Crippen LogP contribution in [-0.2, 0) is 4.79 Å². The summed E-state index contributed by atoms with van der Waals surface area (Å²) in [7, 11) is 0. The normalized spacial score (nSPS) is 9.60. The van der Waals surface area contributed by atoms with Gasteiger partial charge in [-0.1, -0.05) is 0 Å². The van der Waals surface area contributed by atoms with Crippen molar-refractivity contribution >= 4 is 17.6 Å². The first-order valence-corrected chi connectivity index (χ1v) is 4.45. The number of anilines is 1.